The van der Waals surface area contributed by atoms with Crippen LogP contribution < -0.4 is 29.2 Å². The predicted molar refractivity (Wildman–Crippen MR) is 182 cm³/mol. The van der Waals surface area contributed by atoms with E-state index in [1.54, 1.807) is 5.01 Å². The van der Waals surface area contributed by atoms with Gasteiger partial charge in [-0.2, -0.15) is 0 Å². The van der Waals surface area contributed by atoms with Gasteiger partial charge in [0.05, 0.1) is 13.2 Å². The van der Waals surface area contributed by atoms with E-state index in [0.717, 1.165) is 91.8 Å². The van der Waals surface area contributed by atoms with Gasteiger partial charge in [-0.3, -0.25) is 29.2 Å². The third-order valence-electron chi connectivity index (χ3n) is 6.76. The van der Waals surface area contributed by atoms with Crippen molar-refractivity contribution in [1.82, 2.24) is 29.9 Å². The molecule has 256 valence electrons. The van der Waals surface area contributed by atoms with E-state index >= 15 is 0 Å². The third kappa shape index (κ3) is 32.3. The minimum atomic E-state index is 0. The van der Waals surface area contributed by atoms with Gasteiger partial charge in [0.2, 0.25) is 0 Å². The topological polar surface area (TPSA) is 159 Å². The number of hydrazine groups is 5. The molecule has 5 aliphatic heterocycles. The van der Waals surface area contributed by atoms with Gasteiger partial charge < -0.3 is 9.64 Å². The molecular weight excluding hydrogens is 518 g/mol. The van der Waals surface area contributed by atoms with Crippen molar-refractivity contribution in [3.05, 3.63) is 0 Å². The van der Waals surface area contributed by atoms with Crippen molar-refractivity contribution >= 4 is 0 Å². The van der Waals surface area contributed by atoms with Crippen LogP contribution in [0.4, 0.5) is 0 Å². The predicted octanol–water partition coefficient (Wildman–Crippen LogP) is 2.52. The maximum absolute atomic E-state index is 5.57. The summed E-state index contributed by atoms with van der Waals surface area (Å²) in [7, 11) is 2.12. The van der Waals surface area contributed by atoms with Crippen LogP contribution in [0.2, 0.25) is 0 Å². The van der Waals surface area contributed by atoms with E-state index in [-0.39, 0.29) is 37.1 Å². The van der Waals surface area contributed by atoms with Crippen LogP contribution in [0.15, 0.2) is 0 Å². The van der Waals surface area contributed by atoms with E-state index in [9.17, 15) is 0 Å². The highest BCUT2D eigenvalue weighted by atomic mass is 16.5. The molecule has 0 bridgehead atoms. The first-order valence-electron chi connectivity index (χ1n) is 14.1. The van der Waals surface area contributed by atoms with E-state index in [4.69, 9.17) is 34.0 Å². The number of hydrogen-bond acceptors (Lipinski definition) is 12. The Bertz CT molecular complexity index is 434. The summed E-state index contributed by atoms with van der Waals surface area (Å²) in [5.74, 6) is 27.3. The molecule has 5 saturated heterocycles. The summed E-state index contributed by atoms with van der Waals surface area (Å²) in [5.41, 5.74) is 0. The number of piperazine rings is 1. The highest BCUT2D eigenvalue weighted by Crippen LogP contribution is 2.05. The van der Waals surface area contributed by atoms with Crippen molar-refractivity contribution in [3.8, 4) is 0 Å². The van der Waals surface area contributed by atoms with Gasteiger partial charge in [-0.05, 0) is 45.6 Å². The van der Waals surface area contributed by atoms with E-state index in [1.807, 2.05) is 20.0 Å². The first kappa shape index (κ1) is 50.2. The van der Waals surface area contributed by atoms with Gasteiger partial charge in [0.1, 0.15) is 0 Å². The summed E-state index contributed by atoms with van der Waals surface area (Å²) in [5, 5.41) is 9.31. The molecule has 0 atom stereocenters. The smallest absolute Gasteiger partial charge is 0.0608 e. The molecule has 0 aromatic carbocycles. The average molecular weight is 598 g/mol. The van der Waals surface area contributed by atoms with Crippen LogP contribution in [-0.2, 0) is 4.74 Å². The second-order valence-corrected chi connectivity index (χ2v) is 10.3. The first-order valence-corrected chi connectivity index (χ1v) is 14.1. The fourth-order valence-electron chi connectivity index (χ4n) is 4.15. The lowest BCUT2D eigenvalue weighted by atomic mass is 10.2. The van der Waals surface area contributed by atoms with Crippen LogP contribution in [0.25, 0.3) is 0 Å². The van der Waals surface area contributed by atoms with E-state index < -0.39 is 0 Å². The molecule has 0 aliphatic carbocycles. The van der Waals surface area contributed by atoms with Gasteiger partial charge >= 0.3 is 0 Å². The van der Waals surface area contributed by atoms with Crippen molar-refractivity contribution in [3.63, 3.8) is 0 Å². The zero-order valence-electron chi connectivity index (χ0n) is 23.2. The van der Waals surface area contributed by atoms with E-state index in [0.29, 0.717) is 0 Å². The van der Waals surface area contributed by atoms with Crippen LogP contribution in [0.5, 0.6) is 0 Å². The molecule has 5 aliphatic rings. The van der Waals surface area contributed by atoms with Crippen LogP contribution >= 0.6 is 0 Å². The van der Waals surface area contributed by atoms with Crippen LogP contribution in [0.1, 0.15) is 94.9 Å². The lowest BCUT2D eigenvalue weighted by Crippen LogP contribution is -2.47. The minimum Gasteiger partial charge on any atom is -0.379 e. The Morgan fingerprint density at radius 3 is 0.854 bits per heavy atom. The molecule has 0 amide bonds. The number of morpholine rings is 1. The Balaban J connectivity index is -0.000000128. The number of piperidine rings is 1. The maximum Gasteiger partial charge on any atom is 0.0608 e. The Morgan fingerprint density at radius 2 is 0.585 bits per heavy atom. The normalized spacial score (nSPS) is 22.4. The number of nitrogens with zero attached hydrogens (tertiary/aromatic N) is 6. The maximum atomic E-state index is 5.57. The number of nitrogens with two attached hydrogens (primary N) is 5. The van der Waals surface area contributed by atoms with Gasteiger partial charge in [0.25, 0.3) is 0 Å². The molecule has 0 saturated carbocycles. The fourth-order valence-corrected chi connectivity index (χ4v) is 4.15. The van der Waals surface area contributed by atoms with Gasteiger partial charge in [0.15, 0.2) is 0 Å². The zero-order chi connectivity index (χ0) is 26.4. The molecule has 0 radical (unpaired) electrons. The summed E-state index contributed by atoms with van der Waals surface area (Å²) >= 11 is 0. The quantitative estimate of drug-likeness (QED) is 0.260. The Hall–Kier alpha value is -0.480. The molecule has 10 N–H and O–H groups in total. The highest BCUT2D eigenvalue weighted by molar-refractivity contribution is 4.63. The van der Waals surface area contributed by atoms with Crippen molar-refractivity contribution in [2.75, 3.05) is 98.8 Å². The van der Waals surface area contributed by atoms with Gasteiger partial charge in [-0.25, -0.2) is 25.0 Å². The highest BCUT2D eigenvalue weighted by Gasteiger charge is 2.08. The van der Waals surface area contributed by atoms with E-state index in [1.165, 1.54) is 57.8 Å². The van der Waals surface area contributed by atoms with Crippen molar-refractivity contribution < 1.29 is 4.74 Å². The molecule has 12 nitrogen and oxygen atoms in total. The molecular formula is C29H79N11O. The summed E-state index contributed by atoms with van der Waals surface area (Å²) in [6, 6.07) is 0. The number of ether oxygens (including phenoxy) is 1. The molecule has 0 aromatic heterocycles. The molecule has 0 aromatic rings. The second-order valence-electron chi connectivity index (χ2n) is 10.3. The Labute approximate surface area is 257 Å². The van der Waals surface area contributed by atoms with Crippen LogP contribution in [0, 0.1) is 0 Å². The molecule has 41 heavy (non-hydrogen) atoms. The summed E-state index contributed by atoms with van der Waals surface area (Å²) in [4.78, 5) is 2.28. The molecule has 5 rings (SSSR count). The van der Waals surface area contributed by atoms with E-state index in [2.05, 4.69) is 11.9 Å². The SMILES string of the molecule is C.C.C.C.C.CN1CCN(N)CC1.NN1CCCC1.NN1CCCCC1.NN1CCCCCC1.NN1CCOCC1. The molecule has 0 unspecified atom stereocenters. The minimum absolute atomic E-state index is 0. The second kappa shape index (κ2) is 34.0. The molecule has 12 heteroatoms. The Morgan fingerprint density at radius 1 is 0.341 bits per heavy atom. The largest absolute Gasteiger partial charge is 0.379 e. The number of likely N-dealkylation sites (N-methyl/N-ethyl adjacent to an activating group) is 1. The lowest BCUT2D eigenvalue weighted by Gasteiger charge is -2.28. The zero-order valence-corrected chi connectivity index (χ0v) is 23.2. The van der Waals surface area contributed by atoms with Gasteiger partial charge in [-0.1, -0.05) is 56.4 Å². The number of hydrogen-bond donors (Lipinski definition) is 5. The fraction of sp³-hybridized carbons (Fsp3) is 1.00. The lowest BCUT2D eigenvalue weighted by molar-refractivity contribution is 0.0378. The van der Waals surface area contributed by atoms with Crippen molar-refractivity contribution in [2.24, 2.45) is 29.2 Å². The monoisotopic (exact) mass is 598 g/mol. The summed E-state index contributed by atoms with van der Waals surface area (Å²) < 4.78 is 5.02. The Kier molecular flexibility index (Phi) is 41.6. The van der Waals surface area contributed by atoms with Crippen LogP contribution in [0.3, 0.4) is 0 Å². The standard InChI is InChI=1S/C6H14N2.C5H13N3.C5H12N2.C4H10N2O.C4H10N2.5CH4/c7-8-5-3-1-2-4-6-8;1-7-2-4-8(6)5-3-7;6-7-4-2-1-3-5-7;5-6-1-3-7-4-2-6;5-6-3-1-2-4-6;;;;;/h1-7H2;2-6H2,1H3;1-6H2;1-5H2;1-5H2;5*1H4. The third-order valence-corrected chi connectivity index (χ3v) is 6.76. The molecule has 0 spiro atoms. The number of rotatable bonds is 0. The molecule has 5 fully saturated rings. The van der Waals surface area contributed by atoms with Crippen molar-refractivity contribution in [1.29, 1.82) is 0 Å². The van der Waals surface area contributed by atoms with Crippen LogP contribution in [-0.4, -0.2) is 129 Å². The summed E-state index contributed by atoms with van der Waals surface area (Å²) in [6.45, 7) is 14.1. The summed E-state index contributed by atoms with van der Waals surface area (Å²) in [6.07, 6.45) is 11.8. The van der Waals surface area contributed by atoms with Gasteiger partial charge in [0, 0.05) is 78.5 Å². The first-order chi connectivity index (χ1) is 17.4. The molecule has 5 heterocycles. The van der Waals surface area contributed by atoms with Gasteiger partial charge in [-0.15, -0.1) is 0 Å². The van der Waals surface area contributed by atoms with Crippen molar-refractivity contribution in [2.45, 2.75) is 94.9 Å². The average Bonchev–Trinajstić information content (AvgIpc) is 3.24.